The lowest BCUT2D eigenvalue weighted by Crippen LogP contribution is -2.62. The first-order chi connectivity index (χ1) is 15.7. The zero-order chi connectivity index (χ0) is 24.0. The summed E-state index contributed by atoms with van der Waals surface area (Å²) < 4.78 is 5.99. The molecule has 3 rings (SSSR count). The number of hydrogen-bond acceptors (Lipinski definition) is 4. The van der Waals surface area contributed by atoms with Crippen LogP contribution in [0.3, 0.4) is 0 Å². The zero-order valence-electron chi connectivity index (χ0n) is 21.2. The topological polar surface area (TPSA) is 61.9 Å². The second kappa shape index (κ2) is 11.9. The van der Waals surface area contributed by atoms with E-state index in [4.69, 9.17) is 4.74 Å². The van der Waals surface area contributed by atoms with E-state index in [1.165, 1.54) is 5.56 Å². The van der Waals surface area contributed by atoms with E-state index in [9.17, 15) is 9.59 Å². The lowest BCUT2D eigenvalue weighted by molar-refractivity contribution is -0.150. The zero-order valence-corrected chi connectivity index (χ0v) is 21.2. The molecule has 0 radical (unpaired) electrons. The van der Waals surface area contributed by atoms with Gasteiger partial charge in [-0.1, -0.05) is 45.4 Å². The highest BCUT2D eigenvalue weighted by Crippen LogP contribution is 2.24. The minimum absolute atomic E-state index is 0.0929. The molecule has 2 saturated heterocycles. The van der Waals surface area contributed by atoms with E-state index in [0.717, 1.165) is 51.1 Å². The van der Waals surface area contributed by atoms with Crippen molar-refractivity contribution >= 4 is 11.8 Å². The molecule has 2 aliphatic rings. The van der Waals surface area contributed by atoms with Crippen LogP contribution in [0.1, 0.15) is 58.9 Å². The van der Waals surface area contributed by atoms with Crippen molar-refractivity contribution in [3.63, 3.8) is 0 Å². The molecule has 6 heteroatoms. The molecular formula is C27H43N3O3. The Bertz CT molecular complexity index is 769. The molecular weight excluding hydrogens is 414 g/mol. The van der Waals surface area contributed by atoms with Gasteiger partial charge in [0.15, 0.2) is 0 Å². The van der Waals surface area contributed by atoms with Crippen molar-refractivity contribution in [1.29, 1.82) is 0 Å². The smallest absolute Gasteiger partial charge is 0.245 e. The van der Waals surface area contributed by atoms with E-state index in [1.54, 1.807) is 0 Å². The predicted octanol–water partition coefficient (Wildman–Crippen LogP) is 3.87. The first-order valence-corrected chi connectivity index (χ1v) is 12.8. The molecule has 0 aliphatic carbocycles. The molecule has 0 aromatic heterocycles. The average Bonchev–Trinajstić information content (AvgIpc) is 2.78. The molecule has 2 atom stereocenters. The molecule has 0 bridgehead atoms. The van der Waals surface area contributed by atoms with E-state index in [2.05, 4.69) is 52.1 Å². The number of amides is 2. The molecule has 6 nitrogen and oxygen atoms in total. The standard InChI is InChI=1S/C27H43N3O3/c1-19(2)16-24-26(31)30(15-12-28-24)25(17-20(3)4)27(32)29-13-10-22(11-14-29)18-33-23-8-6-21(5)7-9-23/h6-9,19-20,22,24-25,28H,10-18H2,1-5H3/t24-,25-/m0/s1. The summed E-state index contributed by atoms with van der Waals surface area (Å²) >= 11 is 0. The Kier molecular flexibility index (Phi) is 9.19. The van der Waals surface area contributed by atoms with Crippen LogP contribution in [-0.4, -0.2) is 66.5 Å². The number of piperazine rings is 1. The maximum atomic E-state index is 13.6. The van der Waals surface area contributed by atoms with Crippen LogP contribution in [0.4, 0.5) is 0 Å². The van der Waals surface area contributed by atoms with Gasteiger partial charge in [-0.05, 0) is 62.5 Å². The molecule has 2 heterocycles. The number of rotatable bonds is 9. The predicted molar refractivity (Wildman–Crippen MR) is 132 cm³/mol. The molecule has 2 aliphatic heterocycles. The number of benzene rings is 1. The van der Waals surface area contributed by atoms with Gasteiger partial charge in [0.05, 0.1) is 12.6 Å². The minimum Gasteiger partial charge on any atom is -0.493 e. The summed E-state index contributed by atoms with van der Waals surface area (Å²) in [5.41, 5.74) is 1.23. The summed E-state index contributed by atoms with van der Waals surface area (Å²) in [6.45, 7) is 14.1. The summed E-state index contributed by atoms with van der Waals surface area (Å²) in [5, 5.41) is 3.36. The van der Waals surface area contributed by atoms with E-state index in [-0.39, 0.29) is 23.9 Å². The number of ether oxygens (including phenoxy) is 1. The van der Waals surface area contributed by atoms with E-state index in [0.29, 0.717) is 30.9 Å². The largest absolute Gasteiger partial charge is 0.493 e. The number of hydrogen-bond donors (Lipinski definition) is 1. The van der Waals surface area contributed by atoms with Crippen LogP contribution >= 0.6 is 0 Å². The maximum absolute atomic E-state index is 13.6. The number of aryl methyl sites for hydroxylation is 1. The number of nitrogens with one attached hydrogen (secondary N) is 1. The Balaban J connectivity index is 1.57. The summed E-state index contributed by atoms with van der Waals surface area (Å²) in [6.07, 6.45) is 3.41. The number of likely N-dealkylation sites (tertiary alicyclic amines) is 1. The van der Waals surface area contributed by atoms with E-state index >= 15 is 0 Å². The third kappa shape index (κ3) is 7.20. The Morgan fingerprint density at radius 1 is 1.06 bits per heavy atom. The highest BCUT2D eigenvalue weighted by Gasteiger charge is 2.39. The first kappa shape index (κ1) is 25.5. The summed E-state index contributed by atoms with van der Waals surface area (Å²) in [7, 11) is 0. The van der Waals surface area contributed by atoms with Crippen molar-refractivity contribution < 1.29 is 14.3 Å². The highest BCUT2D eigenvalue weighted by molar-refractivity contribution is 5.90. The Labute approximate surface area is 200 Å². The molecule has 1 aromatic rings. The van der Waals surface area contributed by atoms with E-state index in [1.807, 2.05) is 21.9 Å². The average molecular weight is 458 g/mol. The fourth-order valence-corrected chi connectivity index (χ4v) is 4.91. The molecule has 0 saturated carbocycles. The molecule has 1 aromatic carbocycles. The van der Waals surface area contributed by atoms with Crippen molar-refractivity contribution in [3.05, 3.63) is 29.8 Å². The summed E-state index contributed by atoms with van der Waals surface area (Å²) in [4.78, 5) is 30.7. The molecule has 2 fully saturated rings. The number of carbonyl (C=O) groups is 2. The first-order valence-electron chi connectivity index (χ1n) is 12.8. The van der Waals surface area contributed by atoms with Crippen molar-refractivity contribution in [2.75, 3.05) is 32.8 Å². The quantitative estimate of drug-likeness (QED) is 0.611. The second-order valence-electron chi connectivity index (χ2n) is 10.7. The third-order valence-corrected chi connectivity index (χ3v) is 6.82. The van der Waals surface area contributed by atoms with Gasteiger partial charge in [0.1, 0.15) is 11.8 Å². The van der Waals surface area contributed by atoms with Crippen LogP contribution in [0.2, 0.25) is 0 Å². The Morgan fingerprint density at radius 3 is 2.33 bits per heavy atom. The summed E-state index contributed by atoms with van der Waals surface area (Å²) in [6, 6.07) is 7.63. The summed E-state index contributed by atoms with van der Waals surface area (Å²) in [5.74, 6) is 2.37. The lowest BCUT2D eigenvalue weighted by atomic mass is 9.94. The molecule has 33 heavy (non-hydrogen) atoms. The van der Waals surface area contributed by atoms with Crippen molar-refractivity contribution in [3.8, 4) is 5.75 Å². The number of nitrogens with zero attached hydrogens (tertiary/aromatic N) is 2. The third-order valence-electron chi connectivity index (χ3n) is 6.82. The lowest BCUT2D eigenvalue weighted by Gasteiger charge is -2.42. The van der Waals surface area contributed by atoms with Gasteiger partial charge in [0, 0.05) is 26.2 Å². The molecule has 2 amide bonds. The van der Waals surface area contributed by atoms with Gasteiger partial charge in [-0.2, -0.15) is 0 Å². The van der Waals surface area contributed by atoms with Gasteiger partial charge in [0.25, 0.3) is 0 Å². The van der Waals surface area contributed by atoms with Crippen molar-refractivity contribution in [2.45, 2.75) is 72.4 Å². The number of carbonyl (C=O) groups excluding carboxylic acids is 2. The van der Waals surface area contributed by atoms with Crippen molar-refractivity contribution in [2.24, 2.45) is 17.8 Å². The van der Waals surface area contributed by atoms with Crippen LogP contribution in [0, 0.1) is 24.7 Å². The second-order valence-corrected chi connectivity index (χ2v) is 10.7. The van der Waals surface area contributed by atoms with Crippen LogP contribution in [-0.2, 0) is 9.59 Å². The van der Waals surface area contributed by atoms with Gasteiger partial charge < -0.3 is 19.9 Å². The number of piperidine rings is 1. The molecule has 184 valence electrons. The maximum Gasteiger partial charge on any atom is 0.245 e. The highest BCUT2D eigenvalue weighted by atomic mass is 16.5. The molecule has 0 unspecified atom stereocenters. The molecule has 1 N–H and O–H groups in total. The van der Waals surface area contributed by atoms with Gasteiger partial charge in [-0.25, -0.2) is 0 Å². The Morgan fingerprint density at radius 2 is 1.73 bits per heavy atom. The minimum atomic E-state index is -0.352. The fourth-order valence-electron chi connectivity index (χ4n) is 4.91. The fraction of sp³-hybridized carbons (Fsp3) is 0.704. The van der Waals surface area contributed by atoms with Gasteiger partial charge in [-0.15, -0.1) is 0 Å². The van der Waals surface area contributed by atoms with Crippen molar-refractivity contribution in [1.82, 2.24) is 15.1 Å². The van der Waals surface area contributed by atoms with Gasteiger partial charge in [0.2, 0.25) is 11.8 Å². The SMILES string of the molecule is Cc1ccc(OCC2CCN(C(=O)[C@H](CC(C)C)N3CCN[C@@H](CC(C)C)C3=O)CC2)cc1. The van der Waals surface area contributed by atoms with Crippen LogP contribution in [0.15, 0.2) is 24.3 Å². The van der Waals surface area contributed by atoms with Gasteiger partial charge in [-0.3, -0.25) is 9.59 Å². The normalized spacial score (nSPS) is 21.1. The van der Waals surface area contributed by atoms with Crippen LogP contribution < -0.4 is 10.1 Å². The monoisotopic (exact) mass is 457 g/mol. The Hall–Kier alpha value is -2.08. The van der Waals surface area contributed by atoms with E-state index < -0.39 is 0 Å². The van der Waals surface area contributed by atoms with Crippen LogP contribution in [0.25, 0.3) is 0 Å². The molecule has 0 spiro atoms. The van der Waals surface area contributed by atoms with Crippen LogP contribution in [0.5, 0.6) is 5.75 Å². The van der Waals surface area contributed by atoms with Gasteiger partial charge >= 0.3 is 0 Å².